The van der Waals surface area contributed by atoms with Gasteiger partial charge < -0.3 is 20.4 Å². The molecule has 2 aromatic rings. The summed E-state index contributed by atoms with van der Waals surface area (Å²) in [6, 6.07) is 7.12. The van der Waals surface area contributed by atoms with E-state index >= 15 is 0 Å². The number of H-pyrrole nitrogens is 1. The van der Waals surface area contributed by atoms with Crippen molar-refractivity contribution in [3.05, 3.63) is 30.0 Å². The fourth-order valence-electron chi connectivity index (χ4n) is 5.40. The number of Topliss-reactive ketones (excluding diaryl/α,β-unsaturated/α-hetero) is 1. The largest absolute Gasteiger partial charge is 0.496 e. The zero-order valence-corrected chi connectivity index (χ0v) is 20.8. The van der Waals surface area contributed by atoms with Gasteiger partial charge in [0.05, 0.1) is 13.2 Å². The van der Waals surface area contributed by atoms with E-state index in [0.717, 1.165) is 6.42 Å². The van der Waals surface area contributed by atoms with E-state index in [4.69, 9.17) is 4.74 Å². The van der Waals surface area contributed by atoms with Gasteiger partial charge in [0.15, 0.2) is 0 Å². The standard InChI is InChI=1S/C27H32F2N4O4/c1-37-24-7-3-5-20-19(24)14-22(32-20)26(36)33-21(12-16-8-10-27(28,29)11-9-16)25(35)31-18(15-30)13-17-4-2-6-23(17)34/h3,5,7,14,16-18,21,32H,2,4,6,8-13H2,1H3,(H,31,35)(H,33,36). The number of carbonyl (C=O) groups is 3. The van der Waals surface area contributed by atoms with E-state index in [1.165, 1.54) is 7.11 Å². The van der Waals surface area contributed by atoms with Crippen LogP contribution in [-0.4, -0.2) is 47.7 Å². The van der Waals surface area contributed by atoms with E-state index in [2.05, 4.69) is 15.6 Å². The smallest absolute Gasteiger partial charge is 0.268 e. The third-order valence-electron chi connectivity index (χ3n) is 7.54. The third-order valence-corrected chi connectivity index (χ3v) is 7.54. The van der Waals surface area contributed by atoms with Gasteiger partial charge in [0.2, 0.25) is 11.8 Å². The summed E-state index contributed by atoms with van der Waals surface area (Å²) in [5.74, 6) is -3.55. The molecule has 3 atom stereocenters. The van der Waals surface area contributed by atoms with Crippen molar-refractivity contribution in [1.82, 2.24) is 15.6 Å². The molecule has 198 valence electrons. The summed E-state index contributed by atoms with van der Waals surface area (Å²) in [4.78, 5) is 41.5. The average Bonchev–Trinajstić information content (AvgIpc) is 3.50. The first-order valence-corrected chi connectivity index (χ1v) is 12.8. The number of hydrogen-bond donors (Lipinski definition) is 3. The number of aromatic nitrogens is 1. The summed E-state index contributed by atoms with van der Waals surface area (Å²) in [6.07, 6.45) is 2.32. The molecule has 0 spiro atoms. The minimum Gasteiger partial charge on any atom is -0.496 e. The van der Waals surface area contributed by atoms with Crippen molar-refractivity contribution in [2.45, 2.75) is 75.8 Å². The van der Waals surface area contributed by atoms with Gasteiger partial charge in [-0.1, -0.05) is 6.07 Å². The second kappa shape index (κ2) is 11.3. The number of amides is 2. The molecule has 2 aliphatic carbocycles. The van der Waals surface area contributed by atoms with E-state index in [-0.39, 0.29) is 61.8 Å². The van der Waals surface area contributed by atoms with Crippen molar-refractivity contribution < 1.29 is 27.9 Å². The van der Waals surface area contributed by atoms with Gasteiger partial charge in [0.25, 0.3) is 5.91 Å². The maximum atomic E-state index is 13.7. The molecule has 2 amide bonds. The Balaban J connectivity index is 1.49. The second-order valence-electron chi connectivity index (χ2n) is 10.1. The summed E-state index contributed by atoms with van der Waals surface area (Å²) in [5.41, 5.74) is 0.909. The van der Waals surface area contributed by atoms with Gasteiger partial charge in [-0.05, 0) is 62.6 Å². The molecule has 1 aromatic heterocycles. The zero-order valence-electron chi connectivity index (χ0n) is 20.8. The highest BCUT2D eigenvalue weighted by molar-refractivity contribution is 6.01. The summed E-state index contributed by atoms with van der Waals surface area (Å²) in [7, 11) is 1.53. The highest BCUT2D eigenvalue weighted by atomic mass is 19.3. The number of nitriles is 1. The Labute approximate surface area is 214 Å². The number of ether oxygens (including phenoxy) is 1. The maximum Gasteiger partial charge on any atom is 0.268 e. The van der Waals surface area contributed by atoms with E-state index in [1.807, 2.05) is 6.07 Å². The SMILES string of the molecule is COc1cccc2[nH]c(C(=O)NC(CC3CCC(F)(F)CC3)C(=O)NC(C#N)CC3CCCC3=O)cc12. The number of nitrogens with zero attached hydrogens (tertiary/aromatic N) is 1. The molecule has 0 saturated heterocycles. The molecule has 10 heteroatoms. The maximum absolute atomic E-state index is 13.7. The Morgan fingerprint density at radius 2 is 1.97 bits per heavy atom. The number of methoxy groups -OCH3 is 1. The van der Waals surface area contributed by atoms with Crippen molar-refractivity contribution in [2.75, 3.05) is 7.11 Å². The summed E-state index contributed by atoms with van der Waals surface area (Å²) < 4.78 is 32.7. The highest BCUT2D eigenvalue weighted by Crippen LogP contribution is 2.38. The van der Waals surface area contributed by atoms with E-state index in [0.29, 0.717) is 29.5 Å². The second-order valence-corrected chi connectivity index (χ2v) is 10.1. The number of benzene rings is 1. The van der Waals surface area contributed by atoms with Crippen molar-refractivity contribution >= 4 is 28.5 Å². The molecule has 2 fully saturated rings. The lowest BCUT2D eigenvalue weighted by Gasteiger charge is -2.31. The molecule has 0 radical (unpaired) electrons. The van der Waals surface area contributed by atoms with Crippen LogP contribution >= 0.6 is 0 Å². The van der Waals surface area contributed by atoms with Crippen molar-refractivity contribution in [3.63, 3.8) is 0 Å². The Morgan fingerprint density at radius 1 is 1.22 bits per heavy atom. The predicted octanol–water partition coefficient (Wildman–Crippen LogP) is 4.26. The van der Waals surface area contributed by atoms with Gasteiger partial charge in [-0.2, -0.15) is 5.26 Å². The number of alkyl halides is 2. The van der Waals surface area contributed by atoms with Crippen molar-refractivity contribution in [2.24, 2.45) is 11.8 Å². The molecule has 4 rings (SSSR count). The van der Waals surface area contributed by atoms with Crippen LogP contribution in [-0.2, 0) is 9.59 Å². The van der Waals surface area contributed by atoms with E-state index in [1.54, 1.807) is 24.3 Å². The van der Waals surface area contributed by atoms with Gasteiger partial charge >= 0.3 is 0 Å². The number of halogens is 2. The molecule has 2 saturated carbocycles. The quantitative estimate of drug-likeness (QED) is 0.461. The first kappa shape index (κ1) is 26.6. The molecule has 2 aliphatic rings. The summed E-state index contributed by atoms with van der Waals surface area (Å²) in [5, 5.41) is 15.7. The van der Waals surface area contributed by atoms with Crippen LogP contribution in [0, 0.1) is 23.2 Å². The lowest BCUT2D eigenvalue weighted by atomic mass is 9.82. The number of hydrogen-bond acceptors (Lipinski definition) is 5. The number of nitrogens with one attached hydrogen (secondary N) is 3. The lowest BCUT2D eigenvalue weighted by Crippen LogP contribution is -2.51. The number of carbonyl (C=O) groups excluding carboxylic acids is 3. The van der Waals surface area contributed by atoms with Gasteiger partial charge in [-0.3, -0.25) is 14.4 Å². The van der Waals surface area contributed by atoms with E-state index < -0.39 is 29.8 Å². The van der Waals surface area contributed by atoms with Crippen molar-refractivity contribution in [1.29, 1.82) is 5.26 Å². The van der Waals surface area contributed by atoms with Crippen LogP contribution in [0.2, 0.25) is 0 Å². The molecule has 3 N–H and O–H groups in total. The molecule has 3 unspecified atom stereocenters. The molecule has 0 bridgehead atoms. The number of rotatable bonds is 9. The van der Waals surface area contributed by atoms with Gasteiger partial charge in [-0.25, -0.2) is 8.78 Å². The topological polar surface area (TPSA) is 124 Å². The first-order valence-electron chi connectivity index (χ1n) is 12.8. The Bertz CT molecular complexity index is 1190. The fourth-order valence-corrected chi connectivity index (χ4v) is 5.40. The third kappa shape index (κ3) is 6.45. The Kier molecular flexibility index (Phi) is 8.10. The minimum absolute atomic E-state index is 0.0942. The molecule has 8 nitrogen and oxygen atoms in total. The van der Waals surface area contributed by atoms with Crippen LogP contribution in [0.25, 0.3) is 10.9 Å². The summed E-state index contributed by atoms with van der Waals surface area (Å²) in [6.45, 7) is 0. The molecular weight excluding hydrogens is 482 g/mol. The molecule has 37 heavy (non-hydrogen) atoms. The minimum atomic E-state index is -2.71. The van der Waals surface area contributed by atoms with Gasteiger partial charge in [0, 0.05) is 36.1 Å². The molecule has 1 heterocycles. The van der Waals surface area contributed by atoms with Crippen LogP contribution in [0.15, 0.2) is 24.3 Å². The fraction of sp³-hybridized carbons (Fsp3) is 0.556. The van der Waals surface area contributed by atoms with Crippen LogP contribution < -0.4 is 15.4 Å². The average molecular weight is 515 g/mol. The van der Waals surface area contributed by atoms with Crippen LogP contribution in [0.1, 0.15) is 68.3 Å². The predicted molar refractivity (Wildman–Crippen MR) is 132 cm³/mol. The van der Waals surface area contributed by atoms with Gasteiger partial charge in [-0.15, -0.1) is 0 Å². The van der Waals surface area contributed by atoms with Crippen LogP contribution in [0.5, 0.6) is 5.75 Å². The van der Waals surface area contributed by atoms with Crippen LogP contribution in [0.3, 0.4) is 0 Å². The Hall–Kier alpha value is -3.48. The molecular formula is C27H32F2N4O4. The zero-order chi connectivity index (χ0) is 26.6. The normalized spacial score (nSPS) is 21.2. The molecule has 1 aromatic carbocycles. The number of ketones is 1. The van der Waals surface area contributed by atoms with Gasteiger partial charge in [0.1, 0.15) is 29.3 Å². The monoisotopic (exact) mass is 514 g/mol. The first-order chi connectivity index (χ1) is 17.7. The number of fused-ring (bicyclic) bond motifs is 1. The van der Waals surface area contributed by atoms with Crippen molar-refractivity contribution in [3.8, 4) is 11.8 Å². The van der Waals surface area contributed by atoms with E-state index in [9.17, 15) is 28.4 Å². The Morgan fingerprint density at radius 3 is 2.62 bits per heavy atom. The highest BCUT2D eigenvalue weighted by Gasteiger charge is 2.37. The number of aromatic amines is 1. The van der Waals surface area contributed by atoms with Crippen LogP contribution in [0.4, 0.5) is 8.78 Å². The molecule has 0 aliphatic heterocycles. The summed E-state index contributed by atoms with van der Waals surface area (Å²) >= 11 is 0. The lowest BCUT2D eigenvalue weighted by molar-refractivity contribution is -0.125.